The minimum atomic E-state index is 0.524. The fourth-order valence-corrected chi connectivity index (χ4v) is 2.13. The van der Waals surface area contributed by atoms with Gasteiger partial charge in [0.05, 0.1) is 0 Å². The Kier molecular flexibility index (Phi) is 1.95. The van der Waals surface area contributed by atoms with Crippen molar-refractivity contribution in [2.24, 2.45) is 0 Å². The molecule has 3 rings (SSSR count). The molecule has 0 saturated heterocycles. The molecule has 1 fully saturated rings. The molecule has 1 aliphatic rings. The highest BCUT2D eigenvalue weighted by molar-refractivity contribution is 7.09. The van der Waals surface area contributed by atoms with Crippen molar-refractivity contribution in [1.82, 2.24) is 9.36 Å². The van der Waals surface area contributed by atoms with Crippen LogP contribution in [0, 0.1) is 0 Å². The van der Waals surface area contributed by atoms with E-state index in [1.807, 2.05) is 0 Å². The van der Waals surface area contributed by atoms with E-state index in [0.717, 1.165) is 17.3 Å². The third kappa shape index (κ3) is 1.72. The molecule has 0 unspecified atom stereocenters. The van der Waals surface area contributed by atoms with Crippen molar-refractivity contribution in [3.8, 4) is 11.4 Å². The summed E-state index contributed by atoms with van der Waals surface area (Å²) < 4.78 is 4.18. The first-order valence-corrected chi connectivity index (χ1v) is 5.80. The quantitative estimate of drug-likeness (QED) is 0.841. The average Bonchev–Trinajstić information content (AvgIpc) is 3.02. The normalized spacial score (nSPS) is 15.5. The Balaban J connectivity index is 1.92. The van der Waals surface area contributed by atoms with Gasteiger partial charge in [-0.2, -0.15) is 9.36 Å². The molecule has 2 N–H and O–H groups in total. The van der Waals surface area contributed by atoms with Crippen LogP contribution in [0.1, 0.15) is 24.3 Å². The third-order valence-corrected chi connectivity index (χ3v) is 3.20. The van der Waals surface area contributed by atoms with Gasteiger partial charge in [-0.05, 0) is 24.3 Å². The zero-order valence-corrected chi connectivity index (χ0v) is 9.00. The van der Waals surface area contributed by atoms with Gasteiger partial charge < -0.3 is 5.73 Å². The fourth-order valence-electron chi connectivity index (χ4n) is 1.67. The number of nitrogens with zero attached hydrogens (tertiary/aromatic N) is 2. The van der Waals surface area contributed by atoms with Gasteiger partial charge in [-0.15, -0.1) is 0 Å². The highest BCUT2D eigenvalue weighted by Gasteiger charge is 2.23. The van der Waals surface area contributed by atoms with E-state index in [9.17, 15) is 0 Å². The third-order valence-electron chi connectivity index (χ3n) is 2.66. The van der Waals surface area contributed by atoms with Gasteiger partial charge in [0.25, 0.3) is 0 Å². The molecule has 0 atom stereocenters. The van der Waals surface area contributed by atoms with Gasteiger partial charge >= 0.3 is 0 Å². The van der Waals surface area contributed by atoms with Crippen LogP contribution in [0.4, 0.5) is 5.13 Å². The predicted molar refractivity (Wildman–Crippen MR) is 61.7 cm³/mol. The van der Waals surface area contributed by atoms with Crippen LogP contribution in [0.3, 0.4) is 0 Å². The summed E-state index contributed by atoms with van der Waals surface area (Å²) in [6.07, 6.45) is 2.67. The Labute approximate surface area is 92.1 Å². The summed E-state index contributed by atoms with van der Waals surface area (Å²) in [5.74, 6) is 1.53. The molecule has 3 nitrogen and oxygen atoms in total. The van der Waals surface area contributed by atoms with Crippen molar-refractivity contribution in [2.45, 2.75) is 18.8 Å². The van der Waals surface area contributed by atoms with Crippen LogP contribution < -0.4 is 5.73 Å². The standard InChI is InChI=1S/C11H11N3S/c12-11-13-10(14-15-11)9-5-3-8(4-6-9)7-1-2-7/h3-7H,1-2H2,(H2,12,13,14). The molecule has 15 heavy (non-hydrogen) atoms. The first-order chi connectivity index (χ1) is 7.33. The fraction of sp³-hybridized carbons (Fsp3) is 0.273. The molecule has 4 heteroatoms. The molecule has 1 aromatic heterocycles. The van der Waals surface area contributed by atoms with Crippen molar-refractivity contribution in [1.29, 1.82) is 0 Å². The average molecular weight is 217 g/mol. The van der Waals surface area contributed by atoms with Gasteiger partial charge in [-0.3, -0.25) is 0 Å². The number of hydrogen-bond donors (Lipinski definition) is 1. The second kappa shape index (κ2) is 3.31. The molecule has 0 spiro atoms. The minimum Gasteiger partial charge on any atom is -0.374 e. The first-order valence-electron chi connectivity index (χ1n) is 5.02. The lowest BCUT2D eigenvalue weighted by Crippen LogP contribution is -1.85. The van der Waals surface area contributed by atoms with Crippen LogP contribution in [0.5, 0.6) is 0 Å². The molecule has 0 bridgehead atoms. The van der Waals surface area contributed by atoms with Gasteiger partial charge in [-0.25, -0.2) is 0 Å². The van der Waals surface area contributed by atoms with Crippen LogP contribution >= 0.6 is 11.5 Å². The van der Waals surface area contributed by atoms with Gasteiger partial charge in [0.15, 0.2) is 11.0 Å². The number of anilines is 1. The number of benzene rings is 1. The van der Waals surface area contributed by atoms with Crippen LogP contribution in [0.15, 0.2) is 24.3 Å². The van der Waals surface area contributed by atoms with E-state index in [1.54, 1.807) is 0 Å². The van der Waals surface area contributed by atoms with E-state index in [4.69, 9.17) is 5.73 Å². The predicted octanol–water partition coefficient (Wildman–Crippen LogP) is 2.66. The molecular weight excluding hydrogens is 206 g/mol. The Morgan fingerprint density at radius 1 is 1.20 bits per heavy atom. The Morgan fingerprint density at radius 2 is 1.93 bits per heavy atom. The van der Waals surface area contributed by atoms with Gasteiger partial charge in [0.2, 0.25) is 0 Å². The lowest BCUT2D eigenvalue weighted by atomic mass is 10.1. The molecule has 0 aliphatic heterocycles. The molecule has 0 radical (unpaired) electrons. The van der Waals surface area contributed by atoms with Gasteiger partial charge in [0.1, 0.15) is 0 Å². The molecule has 1 aliphatic carbocycles. The second-order valence-electron chi connectivity index (χ2n) is 3.85. The molecule has 1 heterocycles. The van der Waals surface area contributed by atoms with Gasteiger partial charge in [-0.1, -0.05) is 24.3 Å². The summed E-state index contributed by atoms with van der Waals surface area (Å²) >= 11 is 1.24. The largest absolute Gasteiger partial charge is 0.374 e. The van der Waals surface area contributed by atoms with E-state index in [-0.39, 0.29) is 0 Å². The summed E-state index contributed by atoms with van der Waals surface area (Å²) in [6, 6.07) is 8.50. The van der Waals surface area contributed by atoms with E-state index >= 15 is 0 Å². The summed E-state index contributed by atoms with van der Waals surface area (Å²) in [5, 5.41) is 0.524. The lowest BCUT2D eigenvalue weighted by Gasteiger charge is -1.98. The van der Waals surface area contributed by atoms with Crippen molar-refractivity contribution in [3.05, 3.63) is 29.8 Å². The van der Waals surface area contributed by atoms with E-state index < -0.39 is 0 Å². The molecule has 2 aromatic rings. The maximum Gasteiger partial charge on any atom is 0.200 e. The lowest BCUT2D eigenvalue weighted by molar-refractivity contribution is 1.13. The Hall–Kier alpha value is -1.42. The van der Waals surface area contributed by atoms with Crippen molar-refractivity contribution >= 4 is 16.7 Å². The Morgan fingerprint density at radius 3 is 2.47 bits per heavy atom. The number of aromatic nitrogens is 2. The molecule has 1 saturated carbocycles. The zero-order valence-electron chi connectivity index (χ0n) is 8.18. The van der Waals surface area contributed by atoms with E-state index in [1.165, 1.54) is 29.9 Å². The zero-order chi connectivity index (χ0) is 10.3. The smallest absolute Gasteiger partial charge is 0.200 e. The summed E-state index contributed by atoms with van der Waals surface area (Å²) in [5.41, 5.74) is 8.03. The number of rotatable bonds is 2. The summed E-state index contributed by atoms with van der Waals surface area (Å²) in [6.45, 7) is 0. The number of nitrogens with two attached hydrogens (primary N) is 1. The van der Waals surface area contributed by atoms with Crippen LogP contribution in [0.25, 0.3) is 11.4 Å². The minimum absolute atomic E-state index is 0.524. The van der Waals surface area contributed by atoms with Crippen LogP contribution in [0.2, 0.25) is 0 Å². The summed E-state index contributed by atoms with van der Waals surface area (Å²) in [7, 11) is 0. The van der Waals surface area contributed by atoms with Crippen molar-refractivity contribution < 1.29 is 0 Å². The first kappa shape index (κ1) is 8.85. The highest BCUT2D eigenvalue weighted by Crippen LogP contribution is 2.40. The maximum absolute atomic E-state index is 5.55. The molecule has 0 amide bonds. The van der Waals surface area contributed by atoms with Crippen molar-refractivity contribution in [2.75, 3.05) is 5.73 Å². The molecule has 76 valence electrons. The number of hydrogen-bond acceptors (Lipinski definition) is 4. The topological polar surface area (TPSA) is 51.8 Å². The molecular formula is C11H11N3S. The monoisotopic (exact) mass is 217 g/mol. The maximum atomic E-state index is 5.55. The van der Waals surface area contributed by atoms with Gasteiger partial charge in [0, 0.05) is 17.1 Å². The molecule has 1 aromatic carbocycles. The van der Waals surface area contributed by atoms with Crippen LogP contribution in [-0.2, 0) is 0 Å². The second-order valence-corrected chi connectivity index (χ2v) is 4.64. The van der Waals surface area contributed by atoms with E-state index in [2.05, 4.69) is 33.6 Å². The number of nitrogen functional groups attached to an aromatic ring is 1. The summed E-state index contributed by atoms with van der Waals surface area (Å²) in [4.78, 5) is 4.16. The highest BCUT2D eigenvalue weighted by atomic mass is 32.1. The van der Waals surface area contributed by atoms with Crippen molar-refractivity contribution in [3.63, 3.8) is 0 Å². The van der Waals surface area contributed by atoms with E-state index in [0.29, 0.717) is 5.13 Å². The SMILES string of the molecule is Nc1nc(-c2ccc(C3CC3)cc2)ns1. The Bertz CT molecular complexity index is 471. The van der Waals surface area contributed by atoms with Crippen LogP contribution in [-0.4, -0.2) is 9.36 Å².